The van der Waals surface area contributed by atoms with Crippen LogP contribution in [0, 0.1) is 17.2 Å². The number of nitrogens with zero attached hydrogens (tertiary/aromatic N) is 3. The van der Waals surface area contributed by atoms with Gasteiger partial charge in [0.2, 0.25) is 0 Å². The third-order valence-electron chi connectivity index (χ3n) is 5.39. The van der Waals surface area contributed by atoms with E-state index in [1.54, 1.807) is 29.4 Å². The first kappa shape index (κ1) is 25.6. The molecule has 0 bridgehead atoms. The summed E-state index contributed by atoms with van der Waals surface area (Å²) in [5.74, 6) is 0.898. The van der Waals surface area contributed by atoms with Crippen molar-refractivity contribution in [3.8, 4) is 5.69 Å². The van der Waals surface area contributed by atoms with Crippen LogP contribution in [0.3, 0.4) is 0 Å². The molecule has 1 fully saturated rings. The average Bonchev–Trinajstić information content (AvgIpc) is 3.24. The number of guanidine groups is 1. The predicted octanol–water partition coefficient (Wildman–Crippen LogP) is 4.53. The van der Waals surface area contributed by atoms with E-state index in [1.807, 2.05) is 13.0 Å². The molecule has 1 aromatic heterocycles. The summed E-state index contributed by atoms with van der Waals surface area (Å²) in [6.07, 6.45) is 7.41. The molecular formula is C23H35FIN5O. The zero-order valence-corrected chi connectivity index (χ0v) is 21.2. The van der Waals surface area contributed by atoms with Gasteiger partial charge in [0.15, 0.2) is 5.96 Å². The molecule has 172 valence electrons. The van der Waals surface area contributed by atoms with Crippen molar-refractivity contribution in [3.05, 3.63) is 48.3 Å². The van der Waals surface area contributed by atoms with E-state index in [0.29, 0.717) is 18.2 Å². The SMILES string of the molecule is CCNC(=NCc1ccc(-n2ccnc2)c(F)c1)NCC1CCCOC1C(C)(C)C.I. The van der Waals surface area contributed by atoms with Crippen LogP contribution < -0.4 is 10.6 Å². The number of aliphatic imine (C=N–C) groups is 1. The Morgan fingerprint density at radius 2 is 2.13 bits per heavy atom. The summed E-state index contributed by atoms with van der Waals surface area (Å²) in [6.45, 7) is 11.6. The minimum absolute atomic E-state index is 0. The van der Waals surface area contributed by atoms with Gasteiger partial charge in [0.1, 0.15) is 5.82 Å². The third kappa shape index (κ3) is 7.17. The zero-order chi connectivity index (χ0) is 21.6. The molecule has 1 aliphatic heterocycles. The molecule has 1 saturated heterocycles. The van der Waals surface area contributed by atoms with Crippen molar-refractivity contribution in [3.63, 3.8) is 0 Å². The summed E-state index contributed by atoms with van der Waals surface area (Å²) in [7, 11) is 0. The molecular weight excluding hydrogens is 508 g/mol. The number of hydrogen-bond donors (Lipinski definition) is 2. The predicted molar refractivity (Wildman–Crippen MR) is 134 cm³/mol. The Balaban J connectivity index is 0.00000341. The number of nitrogens with one attached hydrogen (secondary N) is 2. The number of hydrogen-bond acceptors (Lipinski definition) is 3. The molecule has 0 radical (unpaired) electrons. The van der Waals surface area contributed by atoms with Crippen molar-refractivity contribution >= 4 is 29.9 Å². The van der Waals surface area contributed by atoms with Gasteiger partial charge in [-0.3, -0.25) is 0 Å². The van der Waals surface area contributed by atoms with Crippen molar-refractivity contribution in [2.45, 2.75) is 53.2 Å². The van der Waals surface area contributed by atoms with Gasteiger partial charge in [0.25, 0.3) is 0 Å². The fourth-order valence-corrected chi connectivity index (χ4v) is 4.01. The molecule has 2 unspecified atom stereocenters. The maximum atomic E-state index is 14.5. The molecule has 0 aliphatic carbocycles. The number of benzene rings is 1. The van der Waals surface area contributed by atoms with E-state index in [2.05, 4.69) is 41.4 Å². The minimum Gasteiger partial charge on any atom is -0.377 e. The van der Waals surface area contributed by atoms with Crippen molar-refractivity contribution in [2.24, 2.45) is 16.3 Å². The second-order valence-corrected chi connectivity index (χ2v) is 8.89. The molecule has 8 heteroatoms. The standard InChI is InChI=1S/C23H34FN5O.HI/c1-5-26-22(28-15-18-7-6-12-30-21(18)23(2,3)4)27-14-17-8-9-20(19(24)13-17)29-11-10-25-16-29;/h8-11,13,16,18,21H,5-7,12,14-15H2,1-4H3,(H2,26,27,28);1H. The first-order valence-corrected chi connectivity index (χ1v) is 10.8. The molecule has 31 heavy (non-hydrogen) atoms. The highest BCUT2D eigenvalue weighted by molar-refractivity contribution is 14.0. The Labute approximate surface area is 202 Å². The van der Waals surface area contributed by atoms with Crippen LogP contribution in [0.2, 0.25) is 0 Å². The van der Waals surface area contributed by atoms with E-state index in [9.17, 15) is 4.39 Å². The summed E-state index contributed by atoms with van der Waals surface area (Å²) < 4.78 is 22.2. The van der Waals surface area contributed by atoms with Gasteiger partial charge in [-0.25, -0.2) is 14.4 Å². The highest BCUT2D eigenvalue weighted by atomic mass is 127. The van der Waals surface area contributed by atoms with Crippen LogP contribution in [0.4, 0.5) is 4.39 Å². The largest absolute Gasteiger partial charge is 0.377 e. The lowest BCUT2D eigenvalue weighted by Gasteiger charge is -2.40. The van der Waals surface area contributed by atoms with E-state index in [0.717, 1.165) is 44.1 Å². The highest BCUT2D eigenvalue weighted by Crippen LogP contribution is 2.33. The number of halogens is 2. The van der Waals surface area contributed by atoms with E-state index in [-0.39, 0.29) is 41.3 Å². The van der Waals surface area contributed by atoms with E-state index >= 15 is 0 Å². The van der Waals surface area contributed by atoms with Crippen molar-refractivity contribution < 1.29 is 9.13 Å². The first-order valence-electron chi connectivity index (χ1n) is 10.8. The highest BCUT2D eigenvalue weighted by Gasteiger charge is 2.35. The monoisotopic (exact) mass is 543 g/mol. The second-order valence-electron chi connectivity index (χ2n) is 8.89. The molecule has 1 aromatic carbocycles. The van der Waals surface area contributed by atoms with Gasteiger partial charge < -0.3 is 19.9 Å². The summed E-state index contributed by atoms with van der Waals surface area (Å²) in [5, 5.41) is 6.75. The summed E-state index contributed by atoms with van der Waals surface area (Å²) in [5.41, 5.74) is 1.41. The Bertz CT molecular complexity index is 835. The van der Waals surface area contributed by atoms with Crippen molar-refractivity contribution in [1.82, 2.24) is 20.2 Å². The van der Waals surface area contributed by atoms with Crippen LogP contribution in [0.25, 0.3) is 5.69 Å². The van der Waals surface area contributed by atoms with Crippen molar-refractivity contribution in [1.29, 1.82) is 0 Å². The van der Waals surface area contributed by atoms with Crippen molar-refractivity contribution in [2.75, 3.05) is 19.7 Å². The quantitative estimate of drug-likeness (QED) is 0.320. The molecule has 0 amide bonds. The topological polar surface area (TPSA) is 63.5 Å². The molecule has 1 aliphatic rings. The first-order chi connectivity index (χ1) is 14.4. The molecule has 0 saturated carbocycles. The Kier molecular flexibility index (Phi) is 9.74. The molecule has 2 heterocycles. The Morgan fingerprint density at radius 1 is 1.32 bits per heavy atom. The van der Waals surface area contributed by atoms with Gasteiger partial charge >= 0.3 is 0 Å². The van der Waals surface area contributed by atoms with Crippen LogP contribution in [-0.4, -0.2) is 41.3 Å². The lowest BCUT2D eigenvalue weighted by molar-refractivity contribution is -0.0835. The van der Waals surface area contributed by atoms with Crippen LogP contribution in [-0.2, 0) is 11.3 Å². The van der Waals surface area contributed by atoms with Gasteiger partial charge in [-0.1, -0.05) is 26.8 Å². The van der Waals surface area contributed by atoms with Gasteiger partial charge in [-0.15, -0.1) is 24.0 Å². The Hall–Kier alpha value is -1.68. The van der Waals surface area contributed by atoms with Crippen LogP contribution in [0.1, 0.15) is 46.1 Å². The van der Waals surface area contributed by atoms with Crippen LogP contribution in [0.15, 0.2) is 41.9 Å². The molecule has 0 spiro atoms. The van der Waals surface area contributed by atoms with Gasteiger partial charge in [-0.05, 0) is 42.9 Å². The molecule has 2 atom stereocenters. The number of rotatable bonds is 6. The molecule has 6 nitrogen and oxygen atoms in total. The molecule has 2 N–H and O–H groups in total. The third-order valence-corrected chi connectivity index (χ3v) is 5.39. The van der Waals surface area contributed by atoms with Gasteiger partial charge in [0.05, 0.1) is 24.7 Å². The van der Waals surface area contributed by atoms with Crippen LogP contribution >= 0.6 is 24.0 Å². The number of ether oxygens (including phenoxy) is 1. The second kappa shape index (κ2) is 11.8. The lowest BCUT2D eigenvalue weighted by Crippen LogP contribution is -2.47. The van der Waals surface area contributed by atoms with E-state index in [1.165, 1.54) is 6.07 Å². The van der Waals surface area contributed by atoms with E-state index in [4.69, 9.17) is 4.74 Å². The summed E-state index contributed by atoms with van der Waals surface area (Å²) >= 11 is 0. The van der Waals surface area contributed by atoms with Crippen LogP contribution in [0.5, 0.6) is 0 Å². The zero-order valence-electron chi connectivity index (χ0n) is 18.9. The van der Waals surface area contributed by atoms with Gasteiger partial charge in [-0.2, -0.15) is 0 Å². The maximum absolute atomic E-state index is 14.5. The molecule has 3 rings (SSSR count). The molecule has 2 aromatic rings. The minimum atomic E-state index is -0.286. The summed E-state index contributed by atoms with van der Waals surface area (Å²) in [4.78, 5) is 8.63. The normalized spacial score (nSPS) is 19.6. The number of aromatic nitrogens is 2. The van der Waals surface area contributed by atoms with E-state index < -0.39 is 0 Å². The smallest absolute Gasteiger partial charge is 0.191 e. The lowest BCUT2D eigenvalue weighted by atomic mass is 9.78. The fraction of sp³-hybridized carbons (Fsp3) is 0.565. The Morgan fingerprint density at radius 3 is 2.77 bits per heavy atom. The fourth-order valence-electron chi connectivity index (χ4n) is 4.01. The van der Waals surface area contributed by atoms with Gasteiger partial charge in [0, 0.05) is 38.0 Å². The maximum Gasteiger partial charge on any atom is 0.191 e. The number of imidazole rings is 1. The summed E-state index contributed by atoms with van der Waals surface area (Å²) in [6, 6.07) is 5.19. The average molecular weight is 543 g/mol.